The quantitative estimate of drug-likeness (QED) is 0.624. The van der Waals surface area contributed by atoms with Crippen LogP contribution in [-0.4, -0.2) is 29.1 Å². The summed E-state index contributed by atoms with van der Waals surface area (Å²) in [6, 6.07) is 0.839. The molecule has 0 aliphatic carbocycles. The van der Waals surface area contributed by atoms with Crippen LogP contribution in [0.2, 0.25) is 0 Å². The van der Waals surface area contributed by atoms with Crippen LogP contribution < -0.4 is 5.32 Å². The van der Waals surface area contributed by atoms with Crippen molar-refractivity contribution in [3.8, 4) is 0 Å². The first kappa shape index (κ1) is 15.0. The first-order valence-electron chi connectivity index (χ1n) is 5.39. The van der Waals surface area contributed by atoms with E-state index in [4.69, 9.17) is 5.11 Å². The van der Waals surface area contributed by atoms with Crippen LogP contribution in [0, 0.1) is 27.7 Å². The highest BCUT2D eigenvalue weighted by Crippen LogP contribution is 2.21. The molecular weight excluding hydrogens is 262 g/mol. The molecule has 0 aliphatic heterocycles. The van der Waals surface area contributed by atoms with Crippen molar-refractivity contribution in [2.45, 2.75) is 6.92 Å². The SMILES string of the molecule is CC(CO)CNC(=O)c1cc(F)c([N+](=O)[O-])cc1F. The number of halogens is 2. The highest BCUT2D eigenvalue weighted by molar-refractivity contribution is 5.94. The van der Waals surface area contributed by atoms with E-state index in [2.05, 4.69) is 5.32 Å². The molecule has 19 heavy (non-hydrogen) atoms. The van der Waals surface area contributed by atoms with Gasteiger partial charge < -0.3 is 10.4 Å². The van der Waals surface area contributed by atoms with Crippen molar-refractivity contribution in [1.29, 1.82) is 0 Å². The van der Waals surface area contributed by atoms with Crippen molar-refractivity contribution in [1.82, 2.24) is 5.32 Å². The third-order valence-electron chi connectivity index (χ3n) is 2.40. The largest absolute Gasteiger partial charge is 0.396 e. The zero-order chi connectivity index (χ0) is 14.6. The highest BCUT2D eigenvalue weighted by atomic mass is 19.1. The third-order valence-corrected chi connectivity index (χ3v) is 2.40. The maximum absolute atomic E-state index is 13.5. The number of aliphatic hydroxyl groups excluding tert-OH is 1. The fraction of sp³-hybridized carbons (Fsp3) is 0.364. The normalized spacial score (nSPS) is 12.0. The molecule has 2 N–H and O–H groups in total. The van der Waals surface area contributed by atoms with Crippen molar-refractivity contribution in [2.75, 3.05) is 13.2 Å². The summed E-state index contributed by atoms with van der Waals surface area (Å²) in [7, 11) is 0. The summed E-state index contributed by atoms with van der Waals surface area (Å²) in [5, 5.41) is 21.4. The lowest BCUT2D eigenvalue weighted by molar-refractivity contribution is -0.387. The van der Waals surface area contributed by atoms with Crippen LogP contribution in [0.15, 0.2) is 12.1 Å². The molecule has 0 fully saturated rings. The van der Waals surface area contributed by atoms with Gasteiger partial charge in [0.25, 0.3) is 5.91 Å². The number of hydrogen-bond acceptors (Lipinski definition) is 4. The molecule has 0 spiro atoms. The van der Waals surface area contributed by atoms with Crippen LogP contribution in [-0.2, 0) is 0 Å². The Labute approximate surface area is 107 Å². The van der Waals surface area contributed by atoms with Gasteiger partial charge in [0.15, 0.2) is 0 Å². The molecule has 0 aromatic heterocycles. The number of carbonyl (C=O) groups excluding carboxylic acids is 1. The molecule has 0 saturated heterocycles. The monoisotopic (exact) mass is 274 g/mol. The molecule has 1 amide bonds. The van der Waals surface area contributed by atoms with Gasteiger partial charge in [-0.05, 0) is 12.0 Å². The van der Waals surface area contributed by atoms with Gasteiger partial charge in [0.05, 0.1) is 16.6 Å². The Morgan fingerprint density at radius 2 is 2.11 bits per heavy atom. The number of aliphatic hydroxyl groups is 1. The van der Waals surface area contributed by atoms with Gasteiger partial charge >= 0.3 is 5.69 Å². The van der Waals surface area contributed by atoms with E-state index < -0.39 is 33.7 Å². The molecule has 1 unspecified atom stereocenters. The summed E-state index contributed by atoms with van der Waals surface area (Å²) in [6.07, 6.45) is 0. The maximum Gasteiger partial charge on any atom is 0.307 e. The lowest BCUT2D eigenvalue weighted by Gasteiger charge is -2.10. The molecule has 8 heteroatoms. The van der Waals surface area contributed by atoms with Crippen molar-refractivity contribution < 1.29 is 23.6 Å². The van der Waals surface area contributed by atoms with E-state index in [0.717, 1.165) is 0 Å². The molecule has 1 rings (SSSR count). The van der Waals surface area contributed by atoms with Gasteiger partial charge in [-0.1, -0.05) is 6.92 Å². The standard InChI is InChI=1S/C11H12F2N2O4/c1-6(5-16)4-14-11(17)7-2-9(13)10(15(18)19)3-8(7)12/h2-3,6,16H,4-5H2,1H3,(H,14,17). The second-order valence-corrected chi connectivity index (χ2v) is 4.04. The van der Waals surface area contributed by atoms with Gasteiger partial charge in [-0.25, -0.2) is 4.39 Å². The maximum atomic E-state index is 13.5. The predicted molar refractivity (Wildman–Crippen MR) is 61.6 cm³/mol. The number of benzene rings is 1. The van der Waals surface area contributed by atoms with Crippen LogP contribution in [0.25, 0.3) is 0 Å². The smallest absolute Gasteiger partial charge is 0.307 e. The van der Waals surface area contributed by atoms with Crippen molar-refractivity contribution in [2.24, 2.45) is 5.92 Å². The summed E-state index contributed by atoms with van der Waals surface area (Å²) in [6.45, 7) is 1.55. The number of nitrogens with one attached hydrogen (secondary N) is 1. The zero-order valence-corrected chi connectivity index (χ0v) is 10.0. The second-order valence-electron chi connectivity index (χ2n) is 4.04. The van der Waals surface area contributed by atoms with E-state index >= 15 is 0 Å². The van der Waals surface area contributed by atoms with E-state index in [1.54, 1.807) is 6.92 Å². The summed E-state index contributed by atoms with van der Waals surface area (Å²) < 4.78 is 26.7. The molecule has 104 valence electrons. The zero-order valence-electron chi connectivity index (χ0n) is 10.0. The first-order valence-corrected chi connectivity index (χ1v) is 5.39. The topological polar surface area (TPSA) is 92.5 Å². The summed E-state index contributed by atoms with van der Waals surface area (Å²) >= 11 is 0. The van der Waals surface area contributed by atoms with Crippen LogP contribution in [0.3, 0.4) is 0 Å². The minimum Gasteiger partial charge on any atom is -0.396 e. The van der Waals surface area contributed by atoms with Gasteiger partial charge in [-0.3, -0.25) is 14.9 Å². The van der Waals surface area contributed by atoms with Gasteiger partial charge in [0.2, 0.25) is 5.82 Å². The molecule has 1 aromatic rings. The Kier molecular flexibility index (Phi) is 4.87. The molecule has 6 nitrogen and oxygen atoms in total. The number of nitro benzene ring substituents is 1. The number of nitro groups is 1. The van der Waals surface area contributed by atoms with Crippen LogP contribution in [0.1, 0.15) is 17.3 Å². The fourth-order valence-corrected chi connectivity index (χ4v) is 1.28. The average Bonchev–Trinajstić information content (AvgIpc) is 2.37. The molecule has 1 aromatic carbocycles. The highest BCUT2D eigenvalue weighted by Gasteiger charge is 2.22. The molecule has 0 saturated carbocycles. The summed E-state index contributed by atoms with van der Waals surface area (Å²) in [5.74, 6) is -3.60. The molecule has 0 heterocycles. The number of nitrogens with zero attached hydrogens (tertiary/aromatic N) is 1. The number of hydrogen-bond donors (Lipinski definition) is 2. The van der Waals surface area contributed by atoms with E-state index in [9.17, 15) is 23.7 Å². The second kappa shape index (κ2) is 6.19. The van der Waals surface area contributed by atoms with Gasteiger partial charge in [0, 0.05) is 13.2 Å². The molecule has 1 atom stereocenters. The Morgan fingerprint density at radius 1 is 1.47 bits per heavy atom. The lowest BCUT2D eigenvalue weighted by atomic mass is 10.1. The molecule has 0 aliphatic rings. The van der Waals surface area contributed by atoms with Gasteiger partial charge in [-0.2, -0.15) is 4.39 Å². The fourth-order valence-electron chi connectivity index (χ4n) is 1.28. The van der Waals surface area contributed by atoms with E-state index in [-0.39, 0.29) is 19.1 Å². The molecule has 0 radical (unpaired) electrons. The molecule has 0 bridgehead atoms. The molecular formula is C11H12F2N2O4. The van der Waals surface area contributed by atoms with Gasteiger partial charge in [0.1, 0.15) is 5.82 Å². The van der Waals surface area contributed by atoms with Crippen molar-refractivity contribution >= 4 is 11.6 Å². The number of amides is 1. The van der Waals surface area contributed by atoms with Gasteiger partial charge in [-0.15, -0.1) is 0 Å². The number of rotatable bonds is 5. The van der Waals surface area contributed by atoms with Crippen molar-refractivity contribution in [3.05, 3.63) is 39.4 Å². The van der Waals surface area contributed by atoms with Crippen LogP contribution >= 0.6 is 0 Å². The first-order chi connectivity index (χ1) is 8.86. The number of carbonyl (C=O) groups is 1. The predicted octanol–water partition coefficient (Wildman–Crippen LogP) is 1.23. The summed E-state index contributed by atoms with van der Waals surface area (Å²) in [4.78, 5) is 20.9. The lowest BCUT2D eigenvalue weighted by Crippen LogP contribution is -2.30. The van der Waals surface area contributed by atoms with Crippen molar-refractivity contribution in [3.63, 3.8) is 0 Å². The Morgan fingerprint density at radius 3 is 2.63 bits per heavy atom. The van der Waals surface area contributed by atoms with Crippen LogP contribution in [0.5, 0.6) is 0 Å². The Bertz CT molecular complexity index is 508. The summed E-state index contributed by atoms with van der Waals surface area (Å²) in [5.41, 5.74) is -1.65. The van der Waals surface area contributed by atoms with E-state index in [1.807, 2.05) is 0 Å². The Hall–Kier alpha value is -2.09. The van der Waals surface area contributed by atoms with E-state index in [1.165, 1.54) is 0 Å². The van der Waals surface area contributed by atoms with E-state index in [0.29, 0.717) is 12.1 Å². The minimum absolute atomic E-state index is 0.0768. The Balaban J connectivity index is 2.92. The average molecular weight is 274 g/mol. The van der Waals surface area contributed by atoms with Crippen LogP contribution in [0.4, 0.5) is 14.5 Å². The minimum atomic E-state index is -1.29. The third kappa shape index (κ3) is 3.68.